The molecule has 4 aromatic rings. The number of nitrogens with zero attached hydrogens (tertiary/aromatic N) is 2. The number of hydrogen-bond acceptors (Lipinski definition) is 20. The Bertz CT molecular complexity index is 2950. The van der Waals surface area contributed by atoms with Gasteiger partial charge in [-0.1, -0.05) is 58.5 Å². The number of carboxylic acid groups (broad SMARTS) is 2. The Morgan fingerprint density at radius 3 is 0.980 bits per heavy atom. The van der Waals surface area contributed by atoms with Gasteiger partial charge in [-0.3, -0.25) is 47.9 Å². The van der Waals surface area contributed by atoms with Gasteiger partial charge in [-0.05, 0) is 110 Å². The molecule has 0 saturated heterocycles. The van der Waals surface area contributed by atoms with E-state index in [2.05, 4.69) is 63.1 Å². The predicted octanol–water partition coefficient (Wildman–Crippen LogP) is 5.49. The summed E-state index contributed by atoms with van der Waals surface area (Å²) in [5.41, 5.74) is 0.699. The molecule has 0 saturated carbocycles. The minimum atomic E-state index is -1.20. The minimum Gasteiger partial charge on any atom is -0.481 e. The van der Waals surface area contributed by atoms with Crippen molar-refractivity contribution in [2.75, 3.05) is 129 Å². The SMILES string of the molecule is O=C(O)CC(NC(=O)C(CCC(=O)NCCOCCOCCOCCNC(=O)CCC(=O)NCCOCCOCCOCCNC(=O)CCC(NC(=O)CCCCNc1ccccn1)C(=O)NC(CC(=O)O)c1cc(Cl)cc(Cl)c1)NC(=O)CCCCNc1ccccn1)c1cc(Cl)cc(Cl)c1. The molecule has 0 aliphatic heterocycles. The molecule has 0 aliphatic rings. The van der Waals surface area contributed by atoms with Crippen LogP contribution in [0.1, 0.15) is 113 Å². The zero-order valence-corrected chi connectivity index (χ0v) is 59.9. The summed E-state index contributed by atoms with van der Waals surface area (Å²) in [6.07, 6.45) is 4.28. The Balaban J connectivity index is 0.964. The summed E-state index contributed by atoms with van der Waals surface area (Å²) in [6.45, 7) is 4.64. The lowest BCUT2D eigenvalue weighted by Crippen LogP contribution is -2.48. The number of unbranched alkanes of at least 4 members (excludes halogenated alkanes) is 2. The number of aliphatic carboxylic acids is 2. The number of hydrogen-bond donors (Lipinski definition) is 12. The highest BCUT2D eigenvalue weighted by Gasteiger charge is 2.29. The molecular formula is C68H94Cl4N12O18. The van der Waals surface area contributed by atoms with Crippen LogP contribution in [0.25, 0.3) is 0 Å². The van der Waals surface area contributed by atoms with E-state index in [1.165, 1.54) is 36.4 Å². The number of halogens is 4. The van der Waals surface area contributed by atoms with E-state index in [0.717, 1.165) is 0 Å². The molecule has 4 atom stereocenters. The second-order valence-electron chi connectivity index (χ2n) is 22.8. The number of nitrogens with one attached hydrogen (secondary N) is 10. The van der Waals surface area contributed by atoms with Gasteiger partial charge in [0.1, 0.15) is 23.7 Å². The zero-order valence-electron chi connectivity index (χ0n) is 56.9. The van der Waals surface area contributed by atoms with Gasteiger partial charge < -0.3 is 91.8 Å². The Kier molecular flexibility index (Phi) is 44.8. The first-order valence-electron chi connectivity index (χ1n) is 33.6. The molecule has 0 bridgehead atoms. The number of anilines is 2. The predicted molar refractivity (Wildman–Crippen MR) is 381 cm³/mol. The third kappa shape index (κ3) is 41.8. The first-order valence-corrected chi connectivity index (χ1v) is 35.1. The monoisotopic (exact) mass is 1510 g/mol. The number of carboxylic acids is 2. The van der Waals surface area contributed by atoms with E-state index < -0.39 is 84.4 Å². The van der Waals surface area contributed by atoms with Crippen molar-refractivity contribution in [2.24, 2.45) is 0 Å². The zero-order chi connectivity index (χ0) is 74.0. The molecule has 102 heavy (non-hydrogen) atoms. The first-order chi connectivity index (χ1) is 49.2. The molecule has 0 spiro atoms. The summed E-state index contributed by atoms with van der Waals surface area (Å²) < 4.78 is 33.1. The standard InChI is InChI=1S/C68H94Cl4N12O18/c69-49-39-47(40-50(70)43-49)55(45-65(91)92)83-67(95)53(81-63(89)11-3-7-21-75-57-9-1-5-19-73-57)13-15-59(85)77-23-27-97-31-35-101-37-33-99-29-25-79-61(87)17-18-62(88)80-26-30-100-34-38-102-36-32-98-28-24-78-60(86)16-14-54(82-64(90)12-4-8-22-76-58-10-2-6-20-74-58)68(96)84-56(46-66(93)94)48-41-51(71)44-52(72)42-48/h1-2,5-6,9-10,19-20,39-44,53-56H,3-4,7-8,11-18,21-38,45-46H2,(H,73,75)(H,74,76)(H,77,85)(H,78,86)(H,79,87)(H,80,88)(H,81,89)(H,82,90)(H,83,95)(H,84,96)(H,91,92)(H,93,94). The summed E-state index contributed by atoms with van der Waals surface area (Å²) in [6, 6.07) is 15.4. The van der Waals surface area contributed by atoms with Crippen LogP contribution in [-0.4, -0.2) is 210 Å². The van der Waals surface area contributed by atoms with Crippen LogP contribution in [0.3, 0.4) is 0 Å². The fourth-order valence-corrected chi connectivity index (χ4v) is 10.6. The molecule has 30 nitrogen and oxygen atoms in total. The van der Waals surface area contributed by atoms with Gasteiger partial charge in [0.05, 0.1) is 104 Å². The molecule has 8 amide bonds. The molecule has 4 unspecified atom stereocenters. The number of ether oxygens (including phenoxy) is 6. The molecule has 562 valence electrons. The minimum absolute atomic E-state index is 0.0199. The lowest BCUT2D eigenvalue weighted by atomic mass is 10.0. The summed E-state index contributed by atoms with van der Waals surface area (Å²) in [7, 11) is 0. The quantitative estimate of drug-likeness (QED) is 0.0243. The van der Waals surface area contributed by atoms with Gasteiger partial charge in [-0.2, -0.15) is 0 Å². The summed E-state index contributed by atoms with van der Waals surface area (Å²) in [5.74, 6) is -4.66. The lowest BCUT2D eigenvalue weighted by Gasteiger charge is -2.23. The van der Waals surface area contributed by atoms with Gasteiger partial charge in [0.25, 0.3) is 0 Å². The fraction of sp³-hybridized carbons (Fsp3) is 0.529. The van der Waals surface area contributed by atoms with Crippen LogP contribution in [0.2, 0.25) is 20.1 Å². The smallest absolute Gasteiger partial charge is 0.305 e. The third-order valence-corrected chi connectivity index (χ3v) is 15.4. The van der Waals surface area contributed by atoms with Crippen molar-refractivity contribution in [3.63, 3.8) is 0 Å². The van der Waals surface area contributed by atoms with Crippen molar-refractivity contribution in [1.82, 2.24) is 52.5 Å². The van der Waals surface area contributed by atoms with Crippen LogP contribution in [0.15, 0.2) is 85.2 Å². The number of carbonyl (C=O) groups is 10. The van der Waals surface area contributed by atoms with Crippen molar-refractivity contribution in [1.29, 1.82) is 0 Å². The van der Waals surface area contributed by atoms with Crippen molar-refractivity contribution in [3.05, 3.63) is 116 Å². The molecular weight excluding hydrogens is 1410 g/mol. The van der Waals surface area contributed by atoms with Gasteiger partial charge >= 0.3 is 11.9 Å². The van der Waals surface area contributed by atoms with Crippen LogP contribution in [0, 0.1) is 0 Å². The van der Waals surface area contributed by atoms with Crippen LogP contribution < -0.4 is 53.2 Å². The van der Waals surface area contributed by atoms with Crippen LogP contribution in [0.4, 0.5) is 11.6 Å². The highest BCUT2D eigenvalue weighted by atomic mass is 35.5. The van der Waals surface area contributed by atoms with Gasteiger partial charge in [-0.25, -0.2) is 9.97 Å². The first kappa shape index (κ1) is 86.4. The number of pyridine rings is 2. The Morgan fingerprint density at radius 1 is 0.363 bits per heavy atom. The molecule has 0 aliphatic carbocycles. The van der Waals surface area contributed by atoms with E-state index in [4.69, 9.17) is 74.8 Å². The average Bonchev–Trinajstić information content (AvgIpc) is 0.868. The van der Waals surface area contributed by atoms with Crippen molar-refractivity contribution in [3.8, 4) is 0 Å². The maximum absolute atomic E-state index is 13.6. The Morgan fingerprint density at radius 2 is 0.676 bits per heavy atom. The Hall–Kier alpha value is -8.04. The number of rotatable bonds is 57. The molecule has 2 heterocycles. The largest absolute Gasteiger partial charge is 0.481 e. The molecule has 0 fully saturated rings. The van der Waals surface area contributed by atoms with Crippen LogP contribution in [-0.2, 0) is 76.4 Å². The molecule has 4 rings (SSSR count). The number of aromatic nitrogens is 2. The Labute approximate surface area is 612 Å². The molecule has 12 N–H and O–H groups in total. The van der Waals surface area contributed by atoms with Crippen molar-refractivity contribution < 1.29 is 86.6 Å². The van der Waals surface area contributed by atoms with Gasteiger partial charge in [0, 0.05) is 110 Å². The number of benzene rings is 2. The maximum Gasteiger partial charge on any atom is 0.305 e. The van der Waals surface area contributed by atoms with Crippen molar-refractivity contribution in [2.45, 2.75) is 114 Å². The summed E-state index contributed by atoms with van der Waals surface area (Å²) >= 11 is 24.7. The van der Waals surface area contributed by atoms with E-state index in [-0.39, 0.29) is 189 Å². The van der Waals surface area contributed by atoms with Gasteiger partial charge in [0.15, 0.2) is 0 Å². The highest BCUT2D eigenvalue weighted by Crippen LogP contribution is 2.28. The highest BCUT2D eigenvalue weighted by molar-refractivity contribution is 6.35. The van der Waals surface area contributed by atoms with E-state index in [1.807, 2.05) is 24.3 Å². The van der Waals surface area contributed by atoms with Crippen LogP contribution in [0.5, 0.6) is 0 Å². The molecule has 2 aromatic heterocycles. The third-order valence-electron chi connectivity index (χ3n) is 14.5. The second kappa shape index (κ2) is 52.9. The lowest BCUT2D eigenvalue weighted by molar-refractivity contribution is -0.139. The topological polar surface area (TPSA) is 413 Å². The van der Waals surface area contributed by atoms with E-state index in [9.17, 15) is 58.2 Å². The van der Waals surface area contributed by atoms with Gasteiger partial charge in [0.2, 0.25) is 47.3 Å². The normalized spacial score (nSPS) is 12.2. The summed E-state index contributed by atoms with van der Waals surface area (Å²) in [5, 5.41) is 48.1. The van der Waals surface area contributed by atoms with E-state index >= 15 is 0 Å². The average molecular weight is 1510 g/mol. The molecule has 0 radical (unpaired) electrons. The molecule has 2 aromatic carbocycles. The van der Waals surface area contributed by atoms with Crippen molar-refractivity contribution >= 4 is 117 Å². The fourth-order valence-electron chi connectivity index (χ4n) is 9.48. The number of amides is 8. The number of carbonyl (C=O) groups excluding carboxylic acids is 8. The van der Waals surface area contributed by atoms with E-state index in [0.29, 0.717) is 61.5 Å². The maximum atomic E-state index is 13.6. The van der Waals surface area contributed by atoms with Crippen LogP contribution >= 0.6 is 46.4 Å². The second-order valence-corrected chi connectivity index (χ2v) is 24.6. The van der Waals surface area contributed by atoms with E-state index in [1.54, 1.807) is 24.5 Å². The molecule has 34 heteroatoms. The van der Waals surface area contributed by atoms with Gasteiger partial charge in [-0.15, -0.1) is 0 Å². The summed E-state index contributed by atoms with van der Waals surface area (Å²) in [4.78, 5) is 136.